The van der Waals surface area contributed by atoms with Crippen molar-refractivity contribution in [3.63, 3.8) is 0 Å². The summed E-state index contributed by atoms with van der Waals surface area (Å²) in [6.45, 7) is 14.9. The Morgan fingerprint density at radius 2 is 1.18 bits per heavy atom. The van der Waals surface area contributed by atoms with Crippen LogP contribution in [-0.4, -0.2) is 42.8 Å². The number of phenols is 1. The molecule has 1 aromatic carbocycles. The van der Waals surface area contributed by atoms with E-state index in [0.717, 1.165) is 11.1 Å². The van der Waals surface area contributed by atoms with Crippen LogP contribution in [0.5, 0.6) is 5.75 Å². The van der Waals surface area contributed by atoms with Crippen LogP contribution in [0.25, 0.3) is 0 Å². The monoisotopic (exact) mass is 262 g/mol. The van der Waals surface area contributed by atoms with E-state index in [1.54, 1.807) is 0 Å². The van der Waals surface area contributed by atoms with Gasteiger partial charge in [-0.3, -0.25) is 0 Å². The zero-order valence-electron chi connectivity index (χ0n) is 14.3. The van der Waals surface area contributed by atoms with Crippen LogP contribution < -0.4 is 0 Å². The summed E-state index contributed by atoms with van der Waals surface area (Å²) in [5, 5.41) is 10.4. The zero-order chi connectivity index (χ0) is 12.7. The Labute approximate surface area is 139 Å². The maximum atomic E-state index is 10.4. The largest absolute Gasteiger partial charge is 2.00 e. The van der Waals surface area contributed by atoms with E-state index in [1.165, 1.54) is 5.56 Å². The number of hydrogen-bond acceptors (Lipinski definition) is 1. The molecular formula is C15H26CaO. The van der Waals surface area contributed by atoms with Crippen LogP contribution in [0.2, 0.25) is 0 Å². The van der Waals surface area contributed by atoms with Gasteiger partial charge in [0.05, 0.1) is 0 Å². The number of hydrogen-bond donors (Lipinski definition) is 1. The predicted octanol–water partition coefficient (Wildman–Crippen LogP) is 4.14. The first kappa shape index (κ1) is 17.3. The van der Waals surface area contributed by atoms with Crippen molar-refractivity contribution in [3.05, 3.63) is 28.8 Å². The van der Waals surface area contributed by atoms with Crippen molar-refractivity contribution in [3.8, 4) is 5.75 Å². The molecule has 0 bridgehead atoms. The maximum absolute atomic E-state index is 10.4. The third-order valence-electron chi connectivity index (χ3n) is 2.87. The van der Waals surface area contributed by atoms with E-state index in [2.05, 4.69) is 60.6 Å². The number of aryl methyl sites for hydroxylation is 1. The molecule has 0 aliphatic rings. The summed E-state index contributed by atoms with van der Waals surface area (Å²) < 4.78 is 0. The van der Waals surface area contributed by atoms with Crippen molar-refractivity contribution in [2.75, 3.05) is 0 Å². The topological polar surface area (TPSA) is 20.2 Å². The first-order valence-corrected chi connectivity index (χ1v) is 5.88. The molecule has 0 heterocycles. The Kier molecular flexibility index (Phi) is 5.59. The molecule has 0 unspecified atom stereocenters. The van der Waals surface area contributed by atoms with Gasteiger partial charge in [0, 0.05) is 0 Å². The molecule has 0 fully saturated rings. The average Bonchev–Trinajstić information content (AvgIpc) is 2.04. The summed E-state index contributed by atoms with van der Waals surface area (Å²) in [6.07, 6.45) is 0. The number of aromatic hydroxyl groups is 1. The molecule has 0 saturated heterocycles. The van der Waals surface area contributed by atoms with Gasteiger partial charge in [0.15, 0.2) is 0 Å². The van der Waals surface area contributed by atoms with Gasteiger partial charge in [0.25, 0.3) is 0 Å². The Morgan fingerprint density at radius 3 is 1.41 bits per heavy atom. The fourth-order valence-corrected chi connectivity index (χ4v) is 1.92. The van der Waals surface area contributed by atoms with E-state index in [1.807, 2.05) is 0 Å². The quantitative estimate of drug-likeness (QED) is 0.697. The molecule has 0 radical (unpaired) electrons. The minimum Gasteiger partial charge on any atom is -1.00 e. The van der Waals surface area contributed by atoms with Gasteiger partial charge in [0.2, 0.25) is 0 Å². The summed E-state index contributed by atoms with van der Waals surface area (Å²) in [5.74, 6) is 0.464. The SMILES string of the molecule is Cc1cc(C(C)(C)C)c(O)c(C(C)(C)C)c1.[Ca+2].[H-].[H-]. The van der Waals surface area contributed by atoms with Crippen LogP contribution in [0.1, 0.15) is 61.1 Å². The molecule has 0 atom stereocenters. The molecule has 2 heteroatoms. The van der Waals surface area contributed by atoms with Gasteiger partial charge in [-0.15, -0.1) is 0 Å². The smallest absolute Gasteiger partial charge is 1.00 e. The van der Waals surface area contributed by atoms with E-state index >= 15 is 0 Å². The Bertz CT molecular complexity index is 369. The van der Waals surface area contributed by atoms with Gasteiger partial charge < -0.3 is 7.96 Å². The second-order valence-electron chi connectivity index (χ2n) is 6.71. The fourth-order valence-electron chi connectivity index (χ4n) is 1.92. The van der Waals surface area contributed by atoms with Crippen LogP contribution in [0.3, 0.4) is 0 Å². The minimum absolute atomic E-state index is 0. The van der Waals surface area contributed by atoms with E-state index in [9.17, 15) is 5.11 Å². The molecule has 0 amide bonds. The minimum atomic E-state index is -0.0178. The molecule has 0 aliphatic carbocycles. The van der Waals surface area contributed by atoms with Crippen molar-refractivity contribution in [1.82, 2.24) is 0 Å². The Hall–Kier alpha value is 0.280. The van der Waals surface area contributed by atoms with Crippen LogP contribution in [0, 0.1) is 6.92 Å². The summed E-state index contributed by atoms with van der Waals surface area (Å²) >= 11 is 0. The first-order chi connectivity index (χ1) is 7.03. The first-order valence-electron chi connectivity index (χ1n) is 5.88. The van der Waals surface area contributed by atoms with E-state index in [4.69, 9.17) is 0 Å². The molecule has 0 saturated carbocycles. The molecule has 0 spiro atoms. The van der Waals surface area contributed by atoms with Gasteiger partial charge in [0.1, 0.15) is 5.75 Å². The molecule has 1 nitrogen and oxygen atoms in total. The van der Waals surface area contributed by atoms with Crippen LogP contribution in [0.4, 0.5) is 0 Å². The third-order valence-corrected chi connectivity index (χ3v) is 2.87. The van der Waals surface area contributed by atoms with Gasteiger partial charge in [-0.1, -0.05) is 59.2 Å². The molecule has 94 valence electrons. The van der Waals surface area contributed by atoms with E-state index < -0.39 is 0 Å². The van der Waals surface area contributed by atoms with Crippen molar-refractivity contribution >= 4 is 37.7 Å². The van der Waals surface area contributed by atoms with Gasteiger partial charge in [-0.25, -0.2) is 0 Å². The van der Waals surface area contributed by atoms with Crippen molar-refractivity contribution < 1.29 is 7.96 Å². The van der Waals surface area contributed by atoms with Crippen LogP contribution in [-0.2, 0) is 10.8 Å². The maximum Gasteiger partial charge on any atom is 2.00 e. The summed E-state index contributed by atoms with van der Waals surface area (Å²) in [6, 6.07) is 4.18. The summed E-state index contributed by atoms with van der Waals surface area (Å²) in [7, 11) is 0. The number of phenolic OH excluding ortho intramolecular Hbond substituents is 1. The third kappa shape index (κ3) is 4.15. The Morgan fingerprint density at radius 1 is 0.882 bits per heavy atom. The normalized spacial score (nSPS) is 12.2. The predicted molar refractivity (Wildman–Crippen MR) is 78.2 cm³/mol. The zero-order valence-corrected chi connectivity index (χ0v) is 14.5. The van der Waals surface area contributed by atoms with E-state index in [0.29, 0.717) is 5.75 Å². The second-order valence-corrected chi connectivity index (χ2v) is 6.71. The molecule has 1 aromatic rings. The molecule has 1 rings (SSSR count). The average molecular weight is 262 g/mol. The van der Waals surface area contributed by atoms with Crippen LogP contribution in [0.15, 0.2) is 12.1 Å². The molecular weight excluding hydrogens is 236 g/mol. The Balaban J connectivity index is -0.000000853. The van der Waals surface area contributed by atoms with Crippen molar-refractivity contribution in [2.24, 2.45) is 0 Å². The fraction of sp³-hybridized carbons (Fsp3) is 0.600. The molecule has 0 aliphatic heterocycles. The second kappa shape index (κ2) is 5.50. The van der Waals surface area contributed by atoms with Gasteiger partial charge in [-0.2, -0.15) is 0 Å². The van der Waals surface area contributed by atoms with Crippen LogP contribution >= 0.6 is 0 Å². The molecule has 0 aromatic heterocycles. The van der Waals surface area contributed by atoms with Crippen molar-refractivity contribution in [2.45, 2.75) is 59.3 Å². The number of rotatable bonds is 0. The molecule has 17 heavy (non-hydrogen) atoms. The van der Waals surface area contributed by atoms with Crippen molar-refractivity contribution in [1.29, 1.82) is 0 Å². The standard InChI is InChI=1S/C15H24O.Ca.2H/c1-10-8-11(14(2,3)4)13(16)12(9-10)15(5,6)7;;;/h8-9,16H,1-7H3;;;/q;+2;2*-1. The van der Waals surface area contributed by atoms with E-state index in [-0.39, 0.29) is 51.4 Å². The molecule has 1 N–H and O–H groups in total. The number of benzene rings is 1. The van der Waals surface area contributed by atoms with Gasteiger partial charge in [-0.05, 0) is 28.9 Å². The summed E-state index contributed by atoms with van der Waals surface area (Å²) in [5.41, 5.74) is 3.26. The summed E-state index contributed by atoms with van der Waals surface area (Å²) in [4.78, 5) is 0. The van der Waals surface area contributed by atoms with Gasteiger partial charge >= 0.3 is 37.7 Å².